The number of ether oxygens (including phenoxy) is 3. The van der Waals surface area contributed by atoms with Crippen molar-refractivity contribution in [3.8, 4) is 0 Å². The molecular formula is C9H18O5. The van der Waals surface area contributed by atoms with Crippen molar-refractivity contribution >= 4 is 6.29 Å². The van der Waals surface area contributed by atoms with Crippen LogP contribution in [0.1, 0.15) is 6.92 Å². The predicted molar refractivity (Wildman–Crippen MR) is 50.1 cm³/mol. The maximum atomic E-state index is 10.6. The smallest absolute Gasteiger partial charge is 0.151 e. The Balaban J connectivity index is 4.56. The molecule has 0 bridgehead atoms. The van der Waals surface area contributed by atoms with Gasteiger partial charge in [-0.3, -0.25) is 0 Å². The molecule has 84 valence electrons. The lowest BCUT2D eigenvalue weighted by Crippen LogP contribution is -2.47. The highest BCUT2D eigenvalue weighted by Crippen LogP contribution is 2.12. The molecule has 0 saturated carbocycles. The van der Waals surface area contributed by atoms with Crippen LogP contribution >= 0.6 is 0 Å². The van der Waals surface area contributed by atoms with E-state index in [0.29, 0.717) is 6.29 Å². The first kappa shape index (κ1) is 13.5. The summed E-state index contributed by atoms with van der Waals surface area (Å²) in [5.41, 5.74) is 0. The highest BCUT2D eigenvalue weighted by atomic mass is 16.6. The molecule has 14 heavy (non-hydrogen) atoms. The summed E-state index contributed by atoms with van der Waals surface area (Å²) in [4.78, 5) is 10.6. The number of rotatable bonds is 7. The first-order valence-corrected chi connectivity index (χ1v) is 4.34. The van der Waals surface area contributed by atoms with Gasteiger partial charge in [-0.25, -0.2) is 0 Å². The van der Waals surface area contributed by atoms with E-state index in [1.165, 1.54) is 21.3 Å². The molecule has 5 heteroatoms. The molecule has 1 N–H and O–H groups in total. The summed E-state index contributed by atoms with van der Waals surface area (Å²) in [5, 5.41) is 9.38. The second kappa shape index (κ2) is 6.89. The number of methoxy groups -OCH3 is 3. The van der Waals surface area contributed by atoms with Crippen molar-refractivity contribution in [2.75, 3.05) is 21.3 Å². The third kappa shape index (κ3) is 3.34. The van der Waals surface area contributed by atoms with Gasteiger partial charge in [0.15, 0.2) is 6.29 Å². The fourth-order valence-electron chi connectivity index (χ4n) is 1.33. The predicted octanol–water partition coefficient (Wildman–Crippen LogP) is -0.389. The van der Waals surface area contributed by atoms with E-state index in [4.69, 9.17) is 14.2 Å². The van der Waals surface area contributed by atoms with E-state index < -0.39 is 24.4 Å². The maximum absolute atomic E-state index is 10.6. The highest BCUT2D eigenvalue weighted by Gasteiger charge is 2.32. The molecule has 0 aliphatic heterocycles. The monoisotopic (exact) mass is 206 g/mol. The molecule has 0 saturated heterocycles. The molecule has 5 nitrogen and oxygen atoms in total. The number of aliphatic hydroxyl groups is 1. The SMILES string of the molecule is COC(C=O)C(OC)C(OC)C(C)O. The van der Waals surface area contributed by atoms with Gasteiger partial charge in [0.2, 0.25) is 0 Å². The molecular weight excluding hydrogens is 188 g/mol. The van der Waals surface area contributed by atoms with Crippen molar-refractivity contribution in [2.45, 2.75) is 31.3 Å². The van der Waals surface area contributed by atoms with E-state index in [9.17, 15) is 9.90 Å². The minimum atomic E-state index is -0.737. The molecule has 0 heterocycles. The van der Waals surface area contributed by atoms with Gasteiger partial charge in [0.25, 0.3) is 0 Å². The summed E-state index contributed by atoms with van der Waals surface area (Å²) in [6.45, 7) is 1.57. The Bertz CT molecular complexity index is 159. The molecule has 0 aromatic carbocycles. The zero-order chi connectivity index (χ0) is 11.1. The lowest BCUT2D eigenvalue weighted by molar-refractivity contribution is -0.149. The molecule has 0 aliphatic carbocycles. The standard InChI is InChI=1S/C9H18O5/c1-6(11)8(13-3)9(14-4)7(5-10)12-2/h5-9,11H,1-4H3. The van der Waals surface area contributed by atoms with Crippen LogP contribution in [-0.2, 0) is 19.0 Å². The number of carbonyl (C=O) groups excluding carboxylic acids is 1. The van der Waals surface area contributed by atoms with Gasteiger partial charge in [-0.05, 0) is 6.92 Å². The Kier molecular flexibility index (Phi) is 6.65. The van der Waals surface area contributed by atoms with Crippen LogP contribution in [0, 0.1) is 0 Å². The Labute approximate surface area is 84.0 Å². The van der Waals surface area contributed by atoms with Gasteiger partial charge in [-0.15, -0.1) is 0 Å². The largest absolute Gasteiger partial charge is 0.391 e. The van der Waals surface area contributed by atoms with E-state index in [1.54, 1.807) is 6.92 Å². The quantitative estimate of drug-likeness (QED) is 0.575. The van der Waals surface area contributed by atoms with Crippen molar-refractivity contribution in [1.29, 1.82) is 0 Å². The van der Waals surface area contributed by atoms with Crippen molar-refractivity contribution in [2.24, 2.45) is 0 Å². The summed E-state index contributed by atoms with van der Waals surface area (Å²) in [6.07, 6.45) is -2.04. The molecule has 0 amide bonds. The molecule has 0 rings (SSSR count). The van der Waals surface area contributed by atoms with Crippen molar-refractivity contribution in [3.63, 3.8) is 0 Å². The van der Waals surface area contributed by atoms with Crippen LogP contribution in [0.15, 0.2) is 0 Å². The Morgan fingerprint density at radius 1 is 1.07 bits per heavy atom. The van der Waals surface area contributed by atoms with E-state index in [1.807, 2.05) is 0 Å². The van der Waals surface area contributed by atoms with E-state index in [0.717, 1.165) is 0 Å². The Morgan fingerprint density at radius 2 is 1.57 bits per heavy atom. The van der Waals surface area contributed by atoms with Gasteiger partial charge >= 0.3 is 0 Å². The van der Waals surface area contributed by atoms with Crippen LogP contribution in [-0.4, -0.2) is 57.1 Å². The second-order valence-corrected chi connectivity index (χ2v) is 2.98. The van der Waals surface area contributed by atoms with Gasteiger partial charge in [0.05, 0.1) is 6.10 Å². The topological polar surface area (TPSA) is 65.0 Å². The number of aldehydes is 1. The molecule has 0 fully saturated rings. The third-order valence-electron chi connectivity index (χ3n) is 2.07. The summed E-state index contributed by atoms with van der Waals surface area (Å²) in [5.74, 6) is 0. The first-order chi connectivity index (χ1) is 6.62. The molecule has 0 aliphatic rings. The zero-order valence-corrected chi connectivity index (χ0v) is 8.97. The average molecular weight is 206 g/mol. The summed E-state index contributed by atoms with van der Waals surface area (Å²) >= 11 is 0. The maximum Gasteiger partial charge on any atom is 0.151 e. The summed E-state index contributed by atoms with van der Waals surface area (Å²) in [6, 6.07) is 0. The van der Waals surface area contributed by atoms with Crippen LogP contribution in [0.25, 0.3) is 0 Å². The lowest BCUT2D eigenvalue weighted by Gasteiger charge is -2.29. The fraction of sp³-hybridized carbons (Fsp3) is 0.889. The highest BCUT2D eigenvalue weighted by molar-refractivity contribution is 5.57. The van der Waals surface area contributed by atoms with Crippen LogP contribution < -0.4 is 0 Å². The molecule has 0 radical (unpaired) electrons. The van der Waals surface area contributed by atoms with E-state index in [-0.39, 0.29) is 0 Å². The number of hydrogen-bond acceptors (Lipinski definition) is 5. The molecule has 0 aromatic rings. The van der Waals surface area contributed by atoms with E-state index in [2.05, 4.69) is 0 Å². The number of carbonyl (C=O) groups is 1. The third-order valence-corrected chi connectivity index (χ3v) is 2.07. The van der Waals surface area contributed by atoms with E-state index >= 15 is 0 Å². The van der Waals surface area contributed by atoms with Crippen LogP contribution in [0.5, 0.6) is 0 Å². The molecule has 4 atom stereocenters. The minimum absolute atomic E-state index is 0.588. The normalized spacial score (nSPS) is 19.8. The van der Waals surface area contributed by atoms with Crippen molar-refractivity contribution < 1.29 is 24.1 Å². The fourth-order valence-corrected chi connectivity index (χ4v) is 1.33. The van der Waals surface area contributed by atoms with Gasteiger partial charge in [-0.2, -0.15) is 0 Å². The van der Waals surface area contributed by atoms with Crippen LogP contribution in [0.3, 0.4) is 0 Å². The Morgan fingerprint density at radius 3 is 1.79 bits per heavy atom. The Hall–Kier alpha value is -0.490. The summed E-state index contributed by atoms with van der Waals surface area (Å²) < 4.78 is 15.0. The van der Waals surface area contributed by atoms with Gasteiger partial charge in [0.1, 0.15) is 18.3 Å². The average Bonchev–Trinajstić information content (AvgIpc) is 2.17. The zero-order valence-electron chi connectivity index (χ0n) is 8.97. The second-order valence-electron chi connectivity index (χ2n) is 2.98. The number of aliphatic hydroxyl groups excluding tert-OH is 1. The van der Waals surface area contributed by atoms with Gasteiger partial charge in [-0.1, -0.05) is 0 Å². The number of hydrogen-bond donors (Lipinski definition) is 1. The molecule has 0 spiro atoms. The summed E-state index contributed by atoms with van der Waals surface area (Å²) in [7, 11) is 4.29. The molecule has 0 aromatic heterocycles. The first-order valence-electron chi connectivity index (χ1n) is 4.34. The lowest BCUT2D eigenvalue weighted by atomic mass is 10.0. The minimum Gasteiger partial charge on any atom is -0.391 e. The van der Waals surface area contributed by atoms with Crippen molar-refractivity contribution in [1.82, 2.24) is 0 Å². The molecule has 4 unspecified atom stereocenters. The van der Waals surface area contributed by atoms with Gasteiger partial charge in [0, 0.05) is 21.3 Å². The van der Waals surface area contributed by atoms with Crippen LogP contribution in [0.2, 0.25) is 0 Å². The van der Waals surface area contributed by atoms with Crippen molar-refractivity contribution in [3.05, 3.63) is 0 Å². The van der Waals surface area contributed by atoms with Gasteiger partial charge < -0.3 is 24.1 Å². The van der Waals surface area contributed by atoms with Crippen LogP contribution in [0.4, 0.5) is 0 Å².